The van der Waals surface area contributed by atoms with Crippen LogP contribution in [0.2, 0.25) is 0 Å². The highest BCUT2D eigenvalue weighted by Crippen LogP contribution is 2.25. The van der Waals surface area contributed by atoms with Crippen LogP contribution in [0.25, 0.3) is 11.0 Å². The summed E-state index contributed by atoms with van der Waals surface area (Å²) in [5.74, 6) is -2.18. The molecule has 3 aromatic rings. The number of hydroxylamine groups is 2. The second-order valence-corrected chi connectivity index (χ2v) is 4.87. The van der Waals surface area contributed by atoms with Gasteiger partial charge in [0.2, 0.25) is 0 Å². The van der Waals surface area contributed by atoms with Gasteiger partial charge in [-0.3, -0.25) is 9.59 Å². The quantitative estimate of drug-likeness (QED) is 0.674. The summed E-state index contributed by atoms with van der Waals surface area (Å²) in [6.45, 7) is 0. The van der Waals surface area contributed by atoms with Crippen LogP contribution < -0.4 is 0 Å². The molecular weight excluding hydrogens is 300 g/mol. The Kier molecular flexibility index (Phi) is 2.74. The van der Waals surface area contributed by atoms with E-state index in [9.17, 15) is 14.4 Å². The van der Waals surface area contributed by atoms with E-state index >= 15 is 0 Å². The largest absolute Gasteiger partial charge is 0.364 e. The molecule has 0 fully saturated rings. The second kappa shape index (κ2) is 4.77. The minimum absolute atomic E-state index is 0.153. The fraction of sp³-hybridized carbons (Fsp3) is 0. The number of benzene rings is 2. The lowest BCUT2D eigenvalue weighted by Crippen LogP contribution is -2.32. The molecule has 23 heavy (non-hydrogen) atoms. The zero-order valence-corrected chi connectivity index (χ0v) is 11.6. The number of rotatable bonds is 2. The average Bonchev–Trinajstić information content (AvgIpc) is 3.14. The number of carbonyl (C=O) groups is 3. The molecule has 0 aliphatic carbocycles. The van der Waals surface area contributed by atoms with Crippen molar-refractivity contribution in [1.29, 1.82) is 0 Å². The molecule has 112 valence electrons. The van der Waals surface area contributed by atoms with Gasteiger partial charge < -0.3 is 9.36 Å². The van der Waals surface area contributed by atoms with Crippen LogP contribution in [0.3, 0.4) is 0 Å². The number of imide groups is 1. The lowest BCUT2D eigenvalue weighted by molar-refractivity contribution is -0.0583. The van der Waals surface area contributed by atoms with Gasteiger partial charge in [-0.15, -0.1) is 0 Å². The molecule has 0 saturated heterocycles. The van der Waals surface area contributed by atoms with E-state index in [0.29, 0.717) is 16.0 Å². The Morgan fingerprint density at radius 3 is 2.39 bits per heavy atom. The number of nitrogens with zero attached hydrogens (tertiary/aromatic N) is 2. The third-order valence-corrected chi connectivity index (χ3v) is 3.55. The summed E-state index contributed by atoms with van der Waals surface area (Å²) in [4.78, 5) is 41.7. The van der Waals surface area contributed by atoms with E-state index in [2.05, 4.69) is 5.16 Å². The lowest BCUT2D eigenvalue weighted by Gasteiger charge is -2.12. The molecule has 0 radical (unpaired) electrons. The van der Waals surface area contributed by atoms with Gasteiger partial charge in [0.15, 0.2) is 5.58 Å². The molecule has 0 bridgehead atoms. The van der Waals surface area contributed by atoms with Crippen LogP contribution in [0.4, 0.5) is 0 Å². The monoisotopic (exact) mass is 308 g/mol. The predicted octanol–water partition coefficient (Wildman–Crippen LogP) is 2.20. The van der Waals surface area contributed by atoms with Gasteiger partial charge in [-0.2, -0.15) is 0 Å². The van der Waals surface area contributed by atoms with Crippen molar-refractivity contribution in [2.75, 3.05) is 0 Å². The fourth-order valence-corrected chi connectivity index (χ4v) is 2.45. The Bertz CT molecular complexity index is 940. The molecule has 0 unspecified atom stereocenters. The van der Waals surface area contributed by atoms with E-state index in [1.165, 1.54) is 24.4 Å². The minimum Gasteiger partial charge on any atom is -0.356 e. The molecule has 7 nitrogen and oxygen atoms in total. The van der Waals surface area contributed by atoms with Crippen LogP contribution in [0.15, 0.2) is 53.2 Å². The van der Waals surface area contributed by atoms with E-state index < -0.39 is 17.8 Å². The van der Waals surface area contributed by atoms with Crippen molar-refractivity contribution in [3.63, 3.8) is 0 Å². The molecule has 0 spiro atoms. The molecule has 0 saturated carbocycles. The maximum Gasteiger partial charge on any atom is 0.364 e. The number of hydrogen-bond donors (Lipinski definition) is 0. The molecule has 0 atom stereocenters. The smallest absolute Gasteiger partial charge is 0.356 e. The molecule has 1 aliphatic heterocycles. The van der Waals surface area contributed by atoms with Crippen molar-refractivity contribution in [1.82, 2.24) is 10.2 Å². The van der Waals surface area contributed by atoms with Crippen LogP contribution in [0.5, 0.6) is 0 Å². The van der Waals surface area contributed by atoms with Crippen LogP contribution in [-0.4, -0.2) is 28.0 Å². The average molecular weight is 308 g/mol. The Hall–Kier alpha value is -3.48. The maximum atomic E-state index is 12.3. The molecule has 4 rings (SSSR count). The zero-order valence-electron chi connectivity index (χ0n) is 11.6. The van der Waals surface area contributed by atoms with Crippen molar-refractivity contribution in [2.24, 2.45) is 0 Å². The molecule has 7 heteroatoms. The van der Waals surface area contributed by atoms with Gasteiger partial charge >= 0.3 is 5.97 Å². The normalized spacial score (nSPS) is 13.5. The van der Waals surface area contributed by atoms with Crippen molar-refractivity contribution < 1.29 is 23.7 Å². The van der Waals surface area contributed by atoms with Crippen LogP contribution in [0, 0.1) is 0 Å². The van der Waals surface area contributed by atoms with E-state index in [4.69, 9.17) is 9.36 Å². The van der Waals surface area contributed by atoms with Crippen molar-refractivity contribution >= 4 is 28.8 Å². The summed E-state index contributed by atoms with van der Waals surface area (Å²) in [5, 5.41) is 4.52. The van der Waals surface area contributed by atoms with E-state index in [1.54, 1.807) is 24.3 Å². The number of aromatic nitrogens is 1. The highest BCUT2D eigenvalue weighted by Gasteiger charge is 2.39. The first-order chi connectivity index (χ1) is 11.2. The van der Waals surface area contributed by atoms with Crippen molar-refractivity contribution in [2.45, 2.75) is 0 Å². The predicted molar refractivity (Wildman–Crippen MR) is 76.4 cm³/mol. The fourth-order valence-electron chi connectivity index (χ4n) is 2.45. The SMILES string of the molecule is O=C(ON1C(=O)c2ccccc2C1=O)c1cccc2oncc12. The molecule has 1 aromatic heterocycles. The van der Waals surface area contributed by atoms with Gasteiger partial charge in [-0.1, -0.05) is 28.4 Å². The van der Waals surface area contributed by atoms with E-state index in [-0.39, 0.29) is 16.7 Å². The minimum atomic E-state index is -0.840. The first-order valence-electron chi connectivity index (χ1n) is 6.70. The number of hydrogen-bond acceptors (Lipinski definition) is 6. The first kappa shape index (κ1) is 13.2. The summed E-state index contributed by atoms with van der Waals surface area (Å²) in [6, 6.07) is 11.0. The second-order valence-electron chi connectivity index (χ2n) is 4.87. The molecule has 1 aliphatic rings. The third kappa shape index (κ3) is 1.90. The molecule has 2 heterocycles. The van der Waals surface area contributed by atoms with Gasteiger partial charge in [-0.05, 0) is 24.3 Å². The van der Waals surface area contributed by atoms with Crippen LogP contribution in [-0.2, 0) is 4.84 Å². The molecule has 0 N–H and O–H groups in total. The van der Waals surface area contributed by atoms with E-state index in [0.717, 1.165) is 0 Å². The van der Waals surface area contributed by atoms with Crippen molar-refractivity contribution in [3.05, 3.63) is 65.4 Å². The Labute approximate surface area is 129 Å². The summed E-state index contributed by atoms with van der Waals surface area (Å²) < 4.78 is 4.97. The van der Waals surface area contributed by atoms with E-state index in [1.807, 2.05) is 0 Å². The summed E-state index contributed by atoms with van der Waals surface area (Å²) >= 11 is 0. The van der Waals surface area contributed by atoms with Crippen LogP contribution >= 0.6 is 0 Å². The topological polar surface area (TPSA) is 89.7 Å². The van der Waals surface area contributed by atoms with Gasteiger partial charge in [-0.25, -0.2) is 4.79 Å². The van der Waals surface area contributed by atoms with Gasteiger partial charge in [0, 0.05) is 0 Å². The van der Waals surface area contributed by atoms with Crippen LogP contribution in [0.1, 0.15) is 31.1 Å². The number of amides is 2. The summed E-state index contributed by atoms with van der Waals surface area (Å²) in [7, 11) is 0. The highest BCUT2D eigenvalue weighted by molar-refractivity contribution is 6.21. The molecule has 2 aromatic carbocycles. The summed E-state index contributed by atoms with van der Waals surface area (Å²) in [5.41, 5.74) is 0.962. The Morgan fingerprint density at radius 2 is 1.70 bits per heavy atom. The first-order valence-corrected chi connectivity index (χ1v) is 6.70. The highest BCUT2D eigenvalue weighted by atomic mass is 16.7. The Balaban J connectivity index is 1.67. The molecule has 2 amide bonds. The Morgan fingerprint density at radius 1 is 1.00 bits per heavy atom. The summed E-state index contributed by atoms with van der Waals surface area (Å²) in [6.07, 6.45) is 1.37. The maximum absolute atomic E-state index is 12.3. The number of fused-ring (bicyclic) bond motifs is 2. The standard InChI is InChI=1S/C16H8N2O5/c19-14-9-4-1-2-5-10(9)15(20)18(14)23-16(21)11-6-3-7-13-12(11)8-17-22-13/h1-8H. The van der Waals surface area contributed by atoms with Crippen molar-refractivity contribution in [3.8, 4) is 0 Å². The number of carbonyl (C=O) groups excluding carboxylic acids is 3. The third-order valence-electron chi connectivity index (χ3n) is 3.55. The van der Waals surface area contributed by atoms with Gasteiger partial charge in [0.05, 0.1) is 28.3 Å². The zero-order chi connectivity index (χ0) is 16.0. The van der Waals surface area contributed by atoms with Gasteiger partial charge in [0.1, 0.15) is 0 Å². The lowest BCUT2D eigenvalue weighted by atomic mass is 10.1. The van der Waals surface area contributed by atoms with Gasteiger partial charge in [0.25, 0.3) is 11.8 Å². The molecular formula is C16H8N2O5.